The highest BCUT2D eigenvalue weighted by Crippen LogP contribution is 2.45. The predicted octanol–water partition coefficient (Wildman–Crippen LogP) is 2.09. The van der Waals surface area contributed by atoms with Gasteiger partial charge in [-0.15, -0.1) is 0 Å². The van der Waals surface area contributed by atoms with E-state index in [9.17, 15) is 0 Å². The molecule has 0 aromatic carbocycles. The highest BCUT2D eigenvalue weighted by Gasteiger charge is 2.43. The Morgan fingerprint density at radius 1 is 1.36 bits per heavy atom. The van der Waals surface area contributed by atoms with Gasteiger partial charge in [0.25, 0.3) is 0 Å². The molecule has 14 heavy (non-hydrogen) atoms. The maximum atomic E-state index is 5.80. The standard InChI is InChI=1S/C12H26N2/c1-10(11(2,3)4)14(5)9-12(8-13)6-7-12/h10H,6-9,13H2,1-5H3. The second kappa shape index (κ2) is 3.82. The number of nitrogens with two attached hydrogens (primary N) is 1. The number of rotatable bonds is 4. The molecule has 84 valence electrons. The molecule has 1 aliphatic carbocycles. The van der Waals surface area contributed by atoms with Gasteiger partial charge in [0.1, 0.15) is 0 Å². The van der Waals surface area contributed by atoms with E-state index in [0.717, 1.165) is 6.54 Å². The van der Waals surface area contributed by atoms with Crippen molar-refractivity contribution < 1.29 is 0 Å². The van der Waals surface area contributed by atoms with E-state index in [0.29, 0.717) is 16.9 Å². The van der Waals surface area contributed by atoms with Crippen molar-refractivity contribution in [1.29, 1.82) is 0 Å². The fraction of sp³-hybridized carbons (Fsp3) is 1.00. The van der Waals surface area contributed by atoms with Crippen LogP contribution in [0.15, 0.2) is 0 Å². The fourth-order valence-electron chi connectivity index (χ4n) is 1.93. The zero-order valence-corrected chi connectivity index (χ0v) is 10.4. The van der Waals surface area contributed by atoms with Gasteiger partial charge in [0, 0.05) is 12.6 Å². The van der Waals surface area contributed by atoms with Gasteiger partial charge in [0.2, 0.25) is 0 Å². The number of hydrogen-bond acceptors (Lipinski definition) is 2. The molecule has 1 atom stereocenters. The highest BCUT2D eigenvalue weighted by atomic mass is 15.1. The van der Waals surface area contributed by atoms with Crippen molar-refractivity contribution in [1.82, 2.24) is 4.90 Å². The third-order valence-electron chi connectivity index (χ3n) is 3.89. The Labute approximate surface area is 88.8 Å². The third kappa shape index (κ3) is 2.71. The molecule has 0 amide bonds. The van der Waals surface area contributed by atoms with Crippen LogP contribution in [0.5, 0.6) is 0 Å². The molecule has 2 heteroatoms. The van der Waals surface area contributed by atoms with Gasteiger partial charge in [0.15, 0.2) is 0 Å². The number of nitrogens with zero attached hydrogens (tertiary/aromatic N) is 1. The molecule has 1 rings (SSSR count). The number of hydrogen-bond donors (Lipinski definition) is 1. The van der Waals surface area contributed by atoms with E-state index >= 15 is 0 Å². The largest absolute Gasteiger partial charge is 0.330 e. The normalized spacial score (nSPS) is 22.5. The fourth-order valence-corrected chi connectivity index (χ4v) is 1.93. The van der Waals surface area contributed by atoms with Gasteiger partial charge in [-0.3, -0.25) is 0 Å². The minimum absolute atomic E-state index is 0.361. The SMILES string of the molecule is CC(N(C)CC1(CN)CC1)C(C)(C)C. The molecule has 0 heterocycles. The second-order valence-corrected chi connectivity index (χ2v) is 6.16. The van der Waals surface area contributed by atoms with Crippen molar-refractivity contribution >= 4 is 0 Å². The molecule has 2 N–H and O–H groups in total. The first-order valence-electron chi connectivity index (χ1n) is 5.71. The van der Waals surface area contributed by atoms with Crippen molar-refractivity contribution in [2.24, 2.45) is 16.6 Å². The zero-order valence-electron chi connectivity index (χ0n) is 10.4. The van der Waals surface area contributed by atoms with Crippen LogP contribution in [0.2, 0.25) is 0 Å². The van der Waals surface area contributed by atoms with Gasteiger partial charge >= 0.3 is 0 Å². The Morgan fingerprint density at radius 2 is 1.86 bits per heavy atom. The van der Waals surface area contributed by atoms with Crippen LogP contribution < -0.4 is 5.73 Å². The summed E-state index contributed by atoms with van der Waals surface area (Å²) in [5, 5.41) is 0. The van der Waals surface area contributed by atoms with Crippen molar-refractivity contribution in [3.8, 4) is 0 Å². The summed E-state index contributed by atoms with van der Waals surface area (Å²) in [7, 11) is 2.23. The first kappa shape index (κ1) is 12.0. The lowest BCUT2D eigenvalue weighted by Crippen LogP contribution is -2.43. The van der Waals surface area contributed by atoms with Gasteiger partial charge in [0.05, 0.1) is 0 Å². The predicted molar refractivity (Wildman–Crippen MR) is 62.3 cm³/mol. The molecular formula is C12H26N2. The van der Waals surface area contributed by atoms with E-state index in [4.69, 9.17) is 5.73 Å². The molecule has 0 bridgehead atoms. The lowest BCUT2D eigenvalue weighted by Gasteiger charge is -2.37. The average molecular weight is 198 g/mol. The van der Waals surface area contributed by atoms with Crippen LogP contribution in [0.3, 0.4) is 0 Å². The Hall–Kier alpha value is -0.0800. The van der Waals surface area contributed by atoms with Crippen LogP contribution in [-0.4, -0.2) is 31.1 Å². The van der Waals surface area contributed by atoms with Gasteiger partial charge in [-0.2, -0.15) is 0 Å². The maximum absolute atomic E-state index is 5.80. The van der Waals surface area contributed by atoms with Crippen LogP contribution in [0.25, 0.3) is 0 Å². The molecule has 0 radical (unpaired) electrons. The summed E-state index contributed by atoms with van der Waals surface area (Å²) in [6.07, 6.45) is 2.65. The molecule has 1 fully saturated rings. The Balaban J connectivity index is 2.46. The van der Waals surface area contributed by atoms with E-state index < -0.39 is 0 Å². The molecular weight excluding hydrogens is 172 g/mol. The zero-order chi connectivity index (χ0) is 11.0. The Bertz CT molecular complexity index is 189. The second-order valence-electron chi connectivity index (χ2n) is 6.16. The molecule has 1 aliphatic rings. The summed E-state index contributed by atoms with van der Waals surface area (Å²) in [5.74, 6) is 0. The van der Waals surface area contributed by atoms with Gasteiger partial charge in [-0.25, -0.2) is 0 Å². The molecule has 0 aromatic heterocycles. The third-order valence-corrected chi connectivity index (χ3v) is 3.89. The summed E-state index contributed by atoms with van der Waals surface area (Å²) in [4.78, 5) is 2.47. The van der Waals surface area contributed by atoms with E-state index in [1.807, 2.05) is 0 Å². The highest BCUT2D eigenvalue weighted by molar-refractivity contribution is 4.97. The van der Waals surface area contributed by atoms with Gasteiger partial charge in [-0.1, -0.05) is 20.8 Å². The smallest absolute Gasteiger partial charge is 0.0113 e. The maximum Gasteiger partial charge on any atom is 0.0113 e. The summed E-state index contributed by atoms with van der Waals surface area (Å²) >= 11 is 0. The molecule has 0 spiro atoms. The average Bonchev–Trinajstić information content (AvgIpc) is 2.82. The molecule has 0 aliphatic heterocycles. The van der Waals surface area contributed by atoms with Crippen LogP contribution >= 0.6 is 0 Å². The summed E-state index contributed by atoms with van der Waals surface area (Å²) in [5.41, 5.74) is 6.63. The van der Waals surface area contributed by atoms with Gasteiger partial charge < -0.3 is 10.6 Å². The van der Waals surface area contributed by atoms with E-state index in [1.54, 1.807) is 0 Å². The minimum atomic E-state index is 0.361. The Morgan fingerprint density at radius 3 is 2.14 bits per heavy atom. The van der Waals surface area contributed by atoms with Crippen molar-refractivity contribution in [2.75, 3.05) is 20.1 Å². The molecule has 1 unspecified atom stereocenters. The van der Waals surface area contributed by atoms with E-state index in [-0.39, 0.29) is 0 Å². The monoisotopic (exact) mass is 198 g/mol. The summed E-state index contributed by atoms with van der Waals surface area (Å²) in [6.45, 7) is 11.2. The van der Waals surface area contributed by atoms with Crippen molar-refractivity contribution in [3.05, 3.63) is 0 Å². The van der Waals surface area contributed by atoms with Crippen LogP contribution in [0, 0.1) is 10.8 Å². The van der Waals surface area contributed by atoms with Crippen molar-refractivity contribution in [3.63, 3.8) is 0 Å². The lowest BCUT2D eigenvalue weighted by atomic mass is 9.86. The molecule has 1 saturated carbocycles. The lowest BCUT2D eigenvalue weighted by molar-refractivity contribution is 0.119. The van der Waals surface area contributed by atoms with E-state index in [1.165, 1.54) is 19.4 Å². The molecule has 0 aromatic rings. The first-order valence-corrected chi connectivity index (χ1v) is 5.71. The van der Waals surface area contributed by atoms with Crippen molar-refractivity contribution in [2.45, 2.75) is 46.6 Å². The van der Waals surface area contributed by atoms with Gasteiger partial charge in [-0.05, 0) is 44.2 Å². The first-order chi connectivity index (χ1) is 6.31. The Kier molecular flexibility index (Phi) is 3.27. The quantitative estimate of drug-likeness (QED) is 0.749. The van der Waals surface area contributed by atoms with E-state index in [2.05, 4.69) is 39.6 Å². The summed E-state index contributed by atoms with van der Waals surface area (Å²) in [6, 6.07) is 0.617. The molecule has 2 nitrogen and oxygen atoms in total. The van der Waals surface area contributed by atoms with Crippen LogP contribution in [-0.2, 0) is 0 Å². The topological polar surface area (TPSA) is 29.3 Å². The molecule has 0 saturated heterocycles. The summed E-state index contributed by atoms with van der Waals surface area (Å²) < 4.78 is 0. The minimum Gasteiger partial charge on any atom is -0.330 e. The van der Waals surface area contributed by atoms with Crippen LogP contribution in [0.1, 0.15) is 40.5 Å². The van der Waals surface area contributed by atoms with Crippen LogP contribution in [0.4, 0.5) is 0 Å².